The van der Waals surface area contributed by atoms with Crippen molar-refractivity contribution in [3.63, 3.8) is 0 Å². The van der Waals surface area contributed by atoms with Crippen LogP contribution in [0.4, 0.5) is 9.52 Å². The number of para-hydroxylation sites is 1. The Kier molecular flexibility index (Phi) is 6.03. The third kappa shape index (κ3) is 4.43. The second-order valence-electron chi connectivity index (χ2n) is 6.58. The van der Waals surface area contributed by atoms with E-state index in [0.717, 1.165) is 23.2 Å². The van der Waals surface area contributed by atoms with Gasteiger partial charge in [-0.3, -0.25) is 9.69 Å². The number of benzene rings is 2. The van der Waals surface area contributed by atoms with Crippen LogP contribution in [0.3, 0.4) is 0 Å². The number of nitrogens with one attached hydrogen (secondary N) is 1. The fourth-order valence-corrected chi connectivity index (χ4v) is 3.85. The zero-order valence-corrected chi connectivity index (χ0v) is 16.5. The molecule has 5 nitrogen and oxygen atoms in total. The molecule has 0 fully saturated rings. The van der Waals surface area contributed by atoms with Crippen molar-refractivity contribution in [3.05, 3.63) is 53.8 Å². The smallest absolute Gasteiger partial charge is 0.260 e. The molecule has 1 aromatic heterocycles. The van der Waals surface area contributed by atoms with Gasteiger partial charge >= 0.3 is 0 Å². The van der Waals surface area contributed by atoms with Crippen LogP contribution in [0.1, 0.15) is 16.8 Å². The van der Waals surface area contributed by atoms with E-state index in [2.05, 4.69) is 19.1 Å². The molecule has 27 heavy (non-hydrogen) atoms. The summed E-state index contributed by atoms with van der Waals surface area (Å²) in [4.78, 5) is 20.7. The molecule has 0 saturated carbocycles. The Bertz CT molecular complexity index is 942. The highest BCUT2D eigenvalue weighted by Crippen LogP contribution is 2.34. The monoisotopic (exact) mass is 388 g/mol. The molecular weight excluding hydrogens is 365 g/mol. The second-order valence-corrected chi connectivity index (χ2v) is 7.59. The van der Waals surface area contributed by atoms with E-state index in [9.17, 15) is 9.18 Å². The summed E-state index contributed by atoms with van der Waals surface area (Å²) in [5.41, 5.74) is 1.05. The molecule has 0 unspecified atom stereocenters. The van der Waals surface area contributed by atoms with Gasteiger partial charge in [0.1, 0.15) is 17.1 Å². The van der Waals surface area contributed by atoms with Crippen LogP contribution in [0, 0.1) is 5.82 Å². The van der Waals surface area contributed by atoms with Crippen LogP contribution >= 0.6 is 11.3 Å². The average molecular weight is 388 g/mol. The topological polar surface area (TPSA) is 46.9 Å². The minimum Gasteiger partial charge on any atom is -0.494 e. The van der Waals surface area contributed by atoms with Crippen molar-refractivity contribution >= 4 is 32.6 Å². The predicted molar refractivity (Wildman–Crippen MR) is 107 cm³/mol. The molecule has 0 aliphatic heterocycles. The zero-order valence-electron chi connectivity index (χ0n) is 15.7. The number of amides is 1. The van der Waals surface area contributed by atoms with Gasteiger partial charge in [0.25, 0.3) is 5.91 Å². The molecule has 1 amide bonds. The number of anilines is 1. The molecule has 3 aromatic rings. The molecule has 0 radical (unpaired) electrons. The zero-order chi connectivity index (χ0) is 19.4. The number of carbonyl (C=O) groups excluding carboxylic acids is 1. The number of hydrogen-bond donors (Lipinski definition) is 1. The van der Waals surface area contributed by atoms with E-state index in [1.54, 1.807) is 24.1 Å². The van der Waals surface area contributed by atoms with Gasteiger partial charge in [-0.2, -0.15) is 0 Å². The fourth-order valence-electron chi connectivity index (χ4n) is 2.84. The molecule has 0 bridgehead atoms. The first-order valence-electron chi connectivity index (χ1n) is 8.79. The summed E-state index contributed by atoms with van der Waals surface area (Å²) in [6.07, 6.45) is 0.816. The molecule has 1 N–H and O–H groups in total. The number of carbonyl (C=O) groups is 1. The molecule has 7 heteroatoms. The molecule has 2 aromatic carbocycles. The van der Waals surface area contributed by atoms with Crippen LogP contribution in [-0.2, 0) is 0 Å². The first-order chi connectivity index (χ1) is 13.0. The lowest BCUT2D eigenvalue weighted by molar-refractivity contribution is -0.858. The highest BCUT2D eigenvalue weighted by molar-refractivity contribution is 7.22. The summed E-state index contributed by atoms with van der Waals surface area (Å²) >= 11 is 1.43. The molecule has 0 spiro atoms. The van der Waals surface area contributed by atoms with E-state index < -0.39 is 5.82 Å². The number of fused-ring (bicyclic) bond motifs is 1. The Morgan fingerprint density at radius 2 is 2.04 bits per heavy atom. The molecule has 142 valence electrons. The average Bonchev–Trinajstić information content (AvgIpc) is 3.08. The Morgan fingerprint density at radius 3 is 2.74 bits per heavy atom. The SMILES string of the molecule is COc1cccc2sc(N(CCC[NH+](C)C)C(=O)c3cccc(F)c3)nc12. The normalized spacial score (nSPS) is 11.1. The molecule has 0 saturated heterocycles. The number of halogens is 1. The summed E-state index contributed by atoms with van der Waals surface area (Å²) in [6.45, 7) is 1.43. The summed E-state index contributed by atoms with van der Waals surface area (Å²) in [7, 11) is 5.74. The van der Waals surface area contributed by atoms with E-state index in [-0.39, 0.29) is 5.91 Å². The number of methoxy groups -OCH3 is 1. The van der Waals surface area contributed by atoms with Crippen LogP contribution in [0.5, 0.6) is 5.75 Å². The Hall–Kier alpha value is -2.51. The summed E-state index contributed by atoms with van der Waals surface area (Å²) in [5.74, 6) is -0.00308. The minimum absolute atomic E-state index is 0.249. The van der Waals surface area contributed by atoms with Gasteiger partial charge < -0.3 is 9.64 Å². The van der Waals surface area contributed by atoms with E-state index in [1.165, 1.54) is 28.4 Å². The van der Waals surface area contributed by atoms with Gasteiger partial charge in [-0.15, -0.1) is 0 Å². The largest absolute Gasteiger partial charge is 0.494 e. The lowest BCUT2D eigenvalue weighted by Gasteiger charge is -2.20. The maximum atomic E-state index is 13.6. The number of hydrogen-bond acceptors (Lipinski definition) is 4. The van der Waals surface area contributed by atoms with Gasteiger partial charge in [0.15, 0.2) is 5.13 Å². The first-order valence-corrected chi connectivity index (χ1v) is 9.61. The van der Waals surface area contributed by atoms with Crippen molar-refractivity contribution in [2.45, 2.75) is 6.42 Å². The maximum absolute atomic E-state index is 13.6. The standard InChI is InChI=1S/C20H22FN3O2S/c1-23(2)11-6-12-24(19(25)14-7-4-8-15(21)13-14)20-22-18-16(26-3)9-5-10-17(18)27-20/h4-5,7-10,13H,6,11-12H2,1-3H3/p+1. The summed E-state index contributed by atoms with van der Waals surface area (Å²) in [5, 5.41) is 0.595. The number of thiazole rings is 1. The number of aromatic nitrogens is 1. The van der Waals surface area contributed by atoms with Gasteiger partial charge in [-0.1, -0.05) is 23.5 Å². The molecular formula is C20H23FN3O2S+. The third-order valence-corrected chi connectivity index (χ3v) is 5.24. The molecule has 0 aliphatic rings. The molecule has 1 heterocycles. The summed E-state index contributed by atoms with van der Waals surface area (Å²) in [6, 6.07) is 11.5. The third-order valence-electron chi connectivity index (χ3n) is 4.20. The van der Waals surface area contributed by atoms with Crippen molar-refractivity contribution in [1.29, 1.82) is 0 Å². The van der Waals surface area contributed by atoms with Crippen LogP contribution in [0.25, 0.3) is 10.2 Å². The number of nitrogens with zero attached hydrogens (tertiary/aromatic N) is 2. The second kappa shape index (κ2) is 8.45. The summed E-state index contributed by atoms with van der Waals surface area (Å²) < 4.78 is 19.9. The predicted octanol–water partition coefficient (Wildman–Crippen LogP) is 2.63. The van der Waals surface area contributed by atoms with Gasteiger partial charge in [0.05, 0.1) is 32.4 Å². The molecule has 3 rings (SSSR count). The van der Waals surface area contributed by atoms with Crippen molar-refractivity contribution in [1.82, 2.24) is 4.98 Å². The van der Waals surface area contributed by atoms with Gasteiger partial charge in [-0.25, -0.2) is 9.37 Å². The van der Waals surface area contributed by atoms with E-state index in [0.29, 0.717) is 23.0 Å². The van der Waals surface area contributed by atoms with Crippen molar-refractivity contribution in [2.75, 3.05) is 39.2 Å². The fraction of sp³-hybridized carbons (Fsp3) is 0.300. The van der Waals surface area contributed by atoms with Crippen LogP contribution in [0.2, 0.25) is 0 Å². The first kappa shape index (κ1) is 19.3. The highest BCUT2D eigenvalue weighted by atomic mass is 32.1. The van der Waals surface area contributed by atoms with Gasteiger partial charge in [0.2, 0.25) is 0 Å². The highest BCUT2D eigenvalue weighted by Gasteiger charge is 2.22. The van der Waals surface area contributed by atoms with Crippen LogP contribution < -0.4 is 14.5 Å². The number of ether oxygens (including phenoxy) is 1. The Morgan fingerprint density at radius 1 is 1.26 bits per heavy atom. The van der Waals surface area contributed by atoms with Crippen molar-refractivity contribution in [2.24, 2.45) is 0 Å². The Labute approximate surface area is 162 Å². The van der Waals surface area contributed by atoms with Crippen molar-refractivity contribution in [3.8, 4) is 5.75 Å². The lowest BCUT2D eigenvalue weighted by atomic mass is 10.2. The lowest BCUT2D eigenvalue weighted by Crippen LogP contribution is -3.05. The quantitative estimate of drug-likeness (QED) is 0.677. The molecule has 0 aliphatic carbocycles. The van der Waals surface area contributed by atoms with Gasteiger partial charge in [-0.05, 0) is 30.3 Å². The van der Waals surface area contributed by atoms with E-state index >= 15 is 0 Å². The minimum atomic E-state index is -0.426. The number of quaternary nitrogens is 1. The Balaban J connectivity index is 1.97. The van der Waals surface area contributed by atoms with Crippen molar-refractivity contribution < 1.29 is 18.8 Å². The van der Waals surface area contributed by atoms with Crippen LogP contribution in [-0.4, -0.2) is 45.2 Å². The van der Waals surface area contributed by atoms with E-state index in [4.69, 9.17) is 4.74 Å². The maximum Gasteiger partial charge on any atom is 0.260 e. The van der Waals surface area contributed by atoms with Gasteiger partial charge in [0, 0.05) is 18.5 Å². The van der Waals surface area contributed by atoms with Crippen LogP contribution in [0.15, 0.2) is 42.5 Å². The van der Waals surface area contributed by atoms with E-state index in [1.807, 2.05) is 18.2 Å². The number of rotatable bonds is 7. The molecule has 0 atom stereocenters.